The molecule has 1 fully saturated rings. The Hall–Kier alpha value is -2.45. The first-order chi connectivity index (χ1) is 12.4. The van der Waals surface area contributed by atoms with E-state index in [9.17, 15) is 22.8 Å². The summed E-state index contributed by atoms with van der Waals surface area (Å²) in [5.41, 5.74) is 3.46. The number of hydrogen-bond acceptors (Lipinski definition) is 4. The summed E-state index contributed by atoms with van der Waals surface area (Å²) in [7, 11) is 0. The van der Waals surface area contributed by atoms with Crippen LogP contribution in [0.15, 0.2) is 18.2 Å². The number of piperidine rings is 1. The van der Waals surface area contributed by atoms with Crippen molar-refractivity contribution in [3.05, 3.63) is 23.8 Å². The van der Waals surface area contributed by atoms with E-state index in [1.807, 2.05) is 0 Å². The predicted octanol–water partition coefficient (Wildman–Crippen LogP) is 3.87. The van der Waals surface area contributed by atoms with E-state index < -0.39 is 35.3 Å². The van der Waals surface area contributed by atoms with Crippen LogP contribution in [-0.4, -0.2) is 35.6 Å². The van der Waals surface area contributed by atoms with E-state index in [4.69, 9.17) is 10.5 Å². The van der Waals surface area contributed by atoms with Crippen molar-refractivity contribution in [2.75, 3.05) is 24.1 Å². The van der Waals surface area contributed by atoms with Gasteiger partial charge in [0.15, 0.2) is 0 Å². The number of likely N-dealkylation sites (tertiary alicyclic amines) is 1. The lowest BCUT2D eigenvalue weighted by Crippen LogP contribution is -2.43. The van der Waals surface area contributed by atoms with Crippen LogP contribution in [0.5, 0.6) is 0 Å². The van der Waals surface area contributed by atoms with Gasteiger partial charge in [-0.25, -0.2) is 4.79 Å². The topological polar surface area (TPSA) is 84.7 Å². The molecule has 2 amide bonds. The first kappa shape index (κ1) is 20.9. The molecule has 0 aromatic heterocycles. The summed E-state index contributed by atoms with van der Waals surface area (Å²) in [5.74, 6) is -0.989. The van der Waals surface area contributed by atoms with Gasteiger partial charge in [0.2, 0.25) is 5.91 Å². The third-order valence-corrected chi connectivity index (χ3v) is 4.12. The number of nitrogens with zero attached hydrogens (tertiary/aromatic N) is 1. The number of anilines is 2. The SMILES string of the molecule is CC(C)(C)OC(=O)N1CCC(C(=O)Nc2ccc(N)cc2C(F)(F)F)CC1. The fourth-order valence-electron chi connectivity index (χ4n) is 2.79. The fraction of sp³-hybridized carbons (Fsp3) is 0.556. The van der Waals surface area contributed by atoms with Crippen molar-refractivity contribution >= 4 is 23.4 Å². The molecule has 1 aliphatic rings. The summed E-state index contributed by atoms with van der Waals surface area (Å²) < 4.78 is 44.7. The Morgan fingerprint density at radius 2 is 1.78 bits per heavy atom. The van der Waals surface area contributed by atoms with Crippen LogP contribution >= 0.6 is 0 Å². The van der Waals surface area contributed by atoms with E-state index in [1.54, 1.807) is 20.8 Å². The summed E-state index contributed by atoms with van der Waals surface area (Å²) in [6.45, 7) is 5.89. The van der Waals surface area contributed by atoms with Crippen LogP contribution < -0.4 is 11.1 Å². The third-order valence-electron chi connectivity index (χ3n) is 4.12. The normalized spacial score (nSPS) is 16.1. The van der Waals surface area contributed by atoms with E-state index in [-0.39, 0.29) is 11.4 Å². The summed E-state index contributed by atoms with van der Waals surface area (Å²) in [4.78, 5) is 25.9. The Morgan fingerprint density at radius 1 is 1.19 bits per heavy atom. The Morgan fingerprint density at radius 3 is 2.30 bits per heavy atom. The van der Waals surface area contributed by atoms with Crippen molar-refractivity contribution in [2.45, 2.75) is 45.4 Å². The Bertz CT molecular complexity index is 706. The van der Waals surface area contributed by atoms with Crippen molar-refractivity contribution < 1.29 is 27.5 Å². The quantitative estimate of drug-likeness (QED) is 0.755. The molecule has 0 radical (unpaired) electrons. The lowest BCUT2D eigenvalue weighted by molar-refractivity contribution is -0.137. The van der Waals surface area contributed by atoms with Gasteiger partial charge in [0, 0.05) is 24.7 Å². The molecule has 1 aromatic carbocycles. The maximum absolute atomic E-state index is 13.1. The minimum Gasteiger partial charge on any atom is -0.444 e. The number of alkyl halides is 3. The van der Waals surface area contributed by atoms with E-state index >= 15 is 0 Å². The molecule has 9 heteroatoms. The van der Waals surface area contributed by atoms with E-state index in [2.05, 4.69) is 5.32 Å². The molecule has 0 saturated carbocycles. The number of benzene rings is 1. The highest BCUT2D eigenvalue weighted by atomic mass is 19.4. The third kappa shape index (κ3) is 5.77. The van der Waals surface area contributed by atoms with Gasteiger partial charge < -0.3 is 20.7 Å². The molecule has 0 bridgehead atoms. The highest BCUT2D eigenvalue weighted by Crippen LogP contribution is 2.36. The van der Waals surface area contributed by atoms with Crippen LogP contribution in [-0.2, 0) is 15.7 Å². The second kappa shape index (κ2) is 7.66. The number of rotatable bonds is 2. The fourth-order valence-corrected chi connectivity index (χ4v) is 2.79. The minimum atomic E-state index is -4.63. The van der Waals surface area contributed by atoms with Crippen LogP contribution in [0, 0.1) is 5.92 Å². The molecular formula is C18H24F3N3O3. The molecule has 3 N–H and O–H groups in total. The molecule has 6 nitrogen and oxygen atoms in total. The standard InChI is InChI=1S/C18H24F3N3O3/c1-17(2,3)27-16(26)24-8-6-11(7-9-24)15(25)23-14-5-4-12(22)10-13(14)18(19,20)21/h4-5,10-11H,6-9,22H2,1-3H3,(H,23,25). The monoisotopic (exact) mass is 387 g/mol. The molecule has 2 rings (SSSR count). The lowest BCUT2D eigenvalue weighted by atomic mass is 9.96. The van der Waals surface area contributed by atoms with Gasteiger partial charge in [-0.1, -0.05) is 0 Å². The second-order valence-electron chi connectivity index (χ2n) is 7.53. The van der Waals surface area contributed by atoms with Crippen molar-refractivity contribution in [3.63, 3.8) is 0 Å². The van der Waals surface area contributed by atoms with Crippen LogP contribution in [0.2, 0.25) is 0 Å². The number of carbonyl (C=O) groups excluding carboxylic acids is 2. The van der Waals surface area contributed by atoms with Crippen LogP contribution in [0.4, 0.5) is 29.3 Å². The molecule has 0 atom stereocenters. The predicted molar refractivity (Wildman–Crippen MR) is 95.0 cm³/mol. The van der Waals surface area contributed by atoms with Crippen LogP contribution in [0.1, 0.15) is 39.2 Å². The number of nitrogens with two attached hydrogens (primary N) is 1. The molecule has 1 aromatic rings. The minimum absolute atomic E-state index is 0.0361. The second-order valence-corrected chi connectivity index (χ2v) is 7.53. The zero-order valence-corrected chi connectivity index (χ0v) is 15.5. The first-order valence-electron chi connectivity index (χ1n) is 8.62. The smallest absolute Gasteiger partial charge is 0.418 e. The molecular weight excluding hydrogens is 363 g/mol. The zero-order chi connectivity index (χ0) is 20.4. The molecule has 1 heterocycles. The Balaban J connectivity index is 1.99. The first-order valence-corrected chi connectivity index (χ1v) is 8.62. The number of ether oxygens (including phenoxy) is 1. The van der Waals surface area contributed by atoms with E-state index in [0.717, 1.165) is 12.1 Å². The number of nitrogens with one attached hydrogen (secondary N) is 1. The van der Waals surface area contributed by atoms with Crippen LogP contribution in [0.25, 0.3) is 0 Å². The van der Waals surface area contributed by atoms with Crippen molar-refractivity contribution in [3.8, 4) is 0 Å². The average molecular weight is 387 g/mol. The van der Waals surface area contributed by atoms with Gasteiger partial charge in [0.05, 0.1) is 11.3 Å². The summed E-state index contributed by atoms with van der Waals surface area (Å²) in [6, 6.07) is 3.24. The maximum Gasteiger partial charge on any atom is 0.418 e. The van der Waals surface area contributed by atoms with Gasteiger partial charge >= 0.3 is 12.3 Å². The molecule has 0 spiro atoms. The Labute approximate surface area is 155 Å². The molecule has 150 valence electrons. The summed E-state index contributed by atoms with van der Waals surface area (Å²) in [5, 5.41) is 2.35. The molecule has 1 aliphatic heterocycles. The molecule has 0 aliphatic carbocycles. The van der Waals surface area contributed by atoms with Gasteiger partial charge in [-0.05, 0) is 51.8 Å². The zero-order valence-electron chi connectivity index (χ0n) is 15.5. The number of nitrogen functional groups attached to an aromatic ring is 1. The van der Waals surface area contributed by atoms with Crippen molar-refractivity contribution in [1.29, 1.82) is 0 Å². The maximum atomic E-state index is 13.1. The number of carbonyl (C=O) groups is 2. The van der Waals surface area contributed by atoms with Gasteiger partial charge in [0.1, 0.15) is 5.60 Å². The van der Waals surface area contributed by atoms with Gasteiger partial charge in [0.25, 0.3) is 0 Å². The Kier molecular flexibility index (Phi) is 5.91. The number of halogens is 3. The van der Waals surface area contributed by atoms with E-state index in [0.29, 0.717) is 25.9 Å². The van der Waals surface area contributed by atoms with Crippen LogP contribution in [0.3, 0.4) is 0 Å². The summed E-state index contributed by atoms with van der Waals surface area (Å²) >= 11 is 0. The molecule has 1 saturated heterocycles. The highest BCUT2D eigenvalue weighted by Gasteiger charge is 2.35. The van der Waals surface area contributed by atoms with Gasteiger partial charge in [-0.2, -0.15) is 13.2 Å². The van der Waals surface area contributed by atoms with Crippen molar-refractivity contribution in [1.82, 2.24) is 4.90 Å². The highest BCUT2D eigenvalue weighted by molar-refractivity contribution is 5.93. The number of hydrogen-bond donors (Lipinski definition) is 2. The molecule has 0 unspecified atom stereocenters. The van der Waals surface area contributed by atoms with Crippen molar-refractivity contribution in [2.24, 2.45) is 5.92 Å². The van der Waals surface area contributed by atoms with Gasteiger partial charge in [-0.3, -0.25) is 4.79 Å². The lowest BCUT2D eigenvalue weighted by Gasteiger charge is -2.33. The molecule has 27 heavy (non-hydrogen) atoms. The average Bonchev–Trinajstić information content (AvgIpc) is 2.54. The largest absolute Gasteiger partial charge is 0.444 e. The summed E-state index contributed by atoms with van der Waals surface area (Å²) in [6.07, 6.45) is -4.39. The van der Waals surface area contributed by atoms with Gasteiger partial charge in [-0.15, -0.1) is 0 Å². The van der Waals surface area contributed by atoms with E-state index in [1.165, 1.54) is 11.0 Å². The number of amides is 2.